The van der Waals surface area contributed by atoms with Crippen molar-refractivity contribution in [3.8, 4) is 0 Å². The number of carbonyl (C=O) groups is 1. The number of carbonyl (C=O) groups excluding carboxylic acids is 1. The number of nitrogens with one attached hydrogen (secondary N) is 2. The molecule has 0 saturated carbocycles. The molecule has 0 unspecified atom stereocenters. The van der Waals surface area contributed by atoms with Crippen molar-refractivity contribution < 1.29 is 4.79 Å². The van der Waals surface area contributed by atoms with Gasteiger partial charge in [0.2, 0.25) is 0 Å². The number of pyridine rings is 1. The Kier molecular flexibility index (Phi) is 6.14. The van der Waals surface area contributed by atoms with Crippen molar-refractivity contribution in [1.82, 2.24) is 15.2 Å². The first-order valence-electron chi connectivity index (χ1n) is 6.27. The van der Waals surface area contributed by atoms with Crippen LogP contribution in [0.3, 0.4) is 0 Å². The van der Waals surface area contributed by atoms with Crippen LogP contribution in [0.2, 0.25) is 0 Å². The fourth-order valence-corrected chi connectivity index (χ4v) is 1.51. The first-order chi connectivity index (χ1) is 8.65. The smallest absolute Gasteiger partial charge is 0.272 e. The van der Waals surface area contributed by atoms with Crippen molar-refractivity contribution in [3.63, 3.8) is 0 Å². The molecular weight excluding hydrogens is 228 g/mol. The number of amides is 1. The third kappa shape index (κ3) is 4.71. The largest absolute Gasteiger partial charge is 0.385 e. The second-order valence-corrected chi connectivity index (χ2v) is 4.26. The van der Waals surface area contributed by atoms with Gasteiger partial charge < -0.3 is 15.5 Å². The maximum absolute atomic E-state index is 11.7. The Morgan fingerprint density at radius 3 is 2.83 bits per heavy atom. The summed E-state index contributed by atoms with van der Waals surface area (Å²) in [4.78, 5) is 17.3. The van der Waals surface area contributed by atoms with E-state index >= 15 is 0 Å². The van der Waals surface area contributed by atoms with Gasteiger partial charge in [-0.25, -0.2) is 0 Å². The molecule has 0 aliphatic heterocycles. The van der Waals surface area contributed by atoms with Crippen LogP contribution in [0.1, 0.15) is 23.8 Å². The monoisotopic (exact) mass is 250 g/mol. The van der Waals surface area contributed by atoms with E-state index in [2.05, 4.69) is 22.5 Å². The summed E-state index contributed by atoms with van der Waals surface area (Å²) in [5, 5.41) is 6.55. The van der Waals surface area contributed by atoms with Crippen LogP contribution in [0, 0.1) is 0 Å². The van der Waals surface area contributed by atoms with Gasteiger partial charge >= 0.3 is 0 Å². The minimum Gasteiger partial charge on any atom is -0.385 e. The molecule has 0 aliphatic carbocycles. The van der Waals surface area contributed by atoms with E-state index in [9.17, 15) is 4.79 Å². The van der Waals surface area contributed by atoms with Crippen LogP contribution in [-0.2, 0) is 0 Å². The second-order valence-electron chi connectivity index (χ2n) is 4.26. The highest BCUT2D eigenvalue weighted by Gasteiger charge is 2.09. The molecule has 5 nitrogen and oxygen atoms in total. The van der Waals surface area contributed by atoms with Gasteiger partial charge in [0.05, 0.1) is 0 Å². The SMILES string of the molecule is CCNCCCNc1ccnc(C(=O)N(C)C)c1. The number of nitrogens with zero attached hydrogens (tertiary/aromatic N) is 2. The lowest BCUT2D eigenvalue weighted by Gasteiger charge is -2.11. The van der Waals surface area contributed by atoms with E-state index in [4.69, 9.17) is 0 Å². The lowest BCUT2D eigenvalue weighted by atomic mass is 10.3. The van der Waals surface area contributed by atoms with Gasteiger partial charge in [0.1, 0.15) is 5.69 Å². The van der Waals surface area contributed by atoms with Crippen LogP contribution in [0.5, 0.6) is 0 Å². The van der Waals surface area contributed by atoms with E-state index < -0.39 is 0 Å². The topological polar surface area (TPSA) is 57.3 Å². The van der Waals surface area contributed by atoms with Crippen molar-refractivity contribution in [2.24, 2.45) is 0 Å². The van der Waals surface area contributed by atoms with E-state index in [0.29, 0.717) is 5.69 Å². The normalized spacial score (nSPS) is 10.2. The summed E-state index contributed by atoms with van der Waals surface area (Å²) in [6, 6.07) is 3.66. The summed E-state index contributed by atoms with van der Waals surface area (Å²) in [6.45, 7) is 4.97. The van der Waals surface area contributed by atoms with Crippen molar-refractivity contribution in [2.45, 2.75) is 13.3 Å². The molecule has 0 saturated heterocycles. The Morgan fingerprint density at radius 1 is 1.39 bits per heavy atom. The van der Waals surface area contributed by atoms with Gasteiger partial charge in [-0.15, -0.1) is 0 Å². The third-order valence-electron chi connectivity index (χ3n) is 2.49. The van der Waals surface area contributed by atoms with Crippen LogP contribution in [-0.4, -0.2) is 49.5 Å². The summed E-state index contributed by atoms with van der Waals surface area (Å²) in [6.07, 6.45) is 2.70. The molecule has 1 heterocycles. The van der Waals surface area contributed by atoms with E-state index in [-0.39, 0.29) is 5.91 Å². The minimum atomic E-state index is -0.0775. The molecule has 1 amide bonds. The molecule has 100 valence electrons. The first kappa shape index (κ1) is 14.4. The number of hydrogen-bond donors (Lipinski definition) is 2. The highest BCUT2D eigenvalue weighted by Crippen LogP contribution is 2.09. The quantitative estimate of drug-likeness (QED) is 0.714. The lowest BCUT2D eigenvalue weighted by molar-refractivity contribution is 0.0822. The average Bonchev–Trinajstić information content (AvgIpc) is 2.38. The number of hydrogen-bond acceptors (Lipinski definition) is 4. The van der Waals surface area contributed by atoms with E-state index in [0.717, 1.165) is 31.7 Å². The Bertz CT molecular complexity index is 379. The zero-order valence-electron chi connectivity index (χ0n) is 11.4. The zero-order chi connectivity index (χ0) is 13.4. The van der Waals surface area contributed by atoms with Gasteiger partial charge in [-0.2, -0.15) is 0 Å². The molecule has 0 aromatic carbocycles. The molecular formula is C13H22N4O. The summed E-state index contributed by atoms with van der Waals surface area (Å²) < 4.78 is 0. The highest BCUT2D eigenvalue weighted by molar-refractivity contribution is 5.92. The van der Waals surface area contributed by atoms with Crippen LogP contribution >= 0.6 is 0 Å². The zero-order valence-corrected chi connectivity index (χ0v) is 11.4. The van der Waals surface area contributed by atoms with Gasteiger partial charge in [-0.1, -0.05) is 6.92 Å². The van der Waals surface area contributed by atoms with Gasteiger partial charge in [0.25, 0.3) is 5.91 Å². The highest BCUT2D eigenvalue weighted by atomic mass is 16.2. The average molecular weight is 250 g/mol. The van der Waals surface area contributed by atoms with Crippen molar-refractivity contribution in [1.29, 1.82) is 0 Å². The van der Waals surface area contributed by atoms with Crippen LogP contribution < -0.4 is 10.6 Å². The Labute approximate surface area is 109 Å². The van der Waals surface area contributed by atoms with E-state index in [1.807, 2.05) is 6.07 Å². The summed E-state index contributed by atoms with van der Waals surface area (Å²) in [5.41, 5.74) is 1.41. The fourth-order valence-electron chi connectivity index (χ4n) is 1.51. The number of rotatable bonds is 7. The van der Waals surface area contributed by atoms with E-state index in [1.54, 1.807) is 26.4 Å². The Hall–Kier alpha value is -1.62. The molecule has 1 rings (SSSR count). The Balaban J connectivity index is 2.47. The predicted octanol–water partition coefficient (Wildman–Crippen LogP) is 1.19. The van der Waals surface area contributed by atoms with E-state index in [1.165, 1.54) is 4.90 Å². The van der Waals surface area contributed by atoms with Crippen molar-refractivity contribution >= 4 is 11.6 Å². The second kappa shape index (κ2) is 7.66. The van der Waals surface area contributed by atoms with Crippen LogP contribution in [0.15, 0.2) is 18.3 Å². The lowest BCUT2D eigenvalue weighted by Crippen LogP contribution is -2.23. The van der Waals surface area contributed by atoms with Crippen LogP contribution in [0.4, 0.5) is 5.69 Å². The predicted molar refractivity (Wildman–Crippen MR) is 73.9 cm³/mol. The molecule has 18 heavy (non-hydrogen) atoms. The molecule has 0 radical (unpaired) electrons. The molecule has 0 spiro atoms. The maximum Gasteiger partial charge on any atom is 0.272 e. The van der Waals surface area contributed by atoms with Gasteiger partial charge in [-0.05, 0) is 31.6 Å². The fraction of sp³-hybridized carbons (Fsp3) is 0.538. The molecule has 0 bridgehead atoms. The molecule has 0 fully saturated rings. The van der Waals surface area contributed by atoms with Gasteiger partial charge in [-0.3, -0.25) is 9.78 Å². The molecule has 0 aliphatic rings. The molecule has 0 atom stereocenters. The molecule has 1 aromatic heterocycles. The number of anilines is 1. The minimum absolute atomic E-state index is 0.0775. The van der Waals surface area contributed by atoms with Gasteiger partial charge in [0.15, 0.2) is 0 Å². The Morgan fingerprint density at radius 2 is 2.17 bits per heavy atom. The molecule has 2 N–H and O–H groups in total. The maximum atomic E-state index is 11.7. The van der Waals surface area contributed by atoms with Crippen molar-refractivity contribution in [3.05, 3.63) is 24.0 Å². The molecule has 5 heteroatoms. The molecule has 1 aromatic rings. The van der Waals surface area contributed by atoms with Gasteiger partial charge in [0, 0.05) is 32.5 Å². The summed E-state index contributed by atoms with van der Waals surface area (Å²) >= 11 is 0. The number of aromatic nitrogens is 1. The standard InChI is InChI=1S/C13H22N4O/c1-4-14-7-5-8-15-11-6-9-16-12(10-11)13(18)17(2)3/h6,9-10,14H,4-5,7-8H2,1-3H3,(H,15,16). The first-order valence-corrected chi connectivity index (χ1v) is 6.27. The van der Waals surface area contributed by atoms with Crippen LogP contribution in [0.25, 0.3) is 0 Å². The third-order valence-corrected chi connectivity index (χ3v) is 2.49. The summed E-state index contributed by atoms with van der Waals surface area (Å²) in [5.74, 6) is -0.0775. The van der Waals surface area contributed by atoms with Crippen molar-refractivity contribution in [2.75, 3.05) is 39.0 Å². The summed E-state index contributed by atoms with van der Waals surface area (Å²) in [7, 11) is 3.45.